The Morgan fingerprint density at radius 3 is 2.65 bits per heavy atom. The molecule has 0 unspecified atom stereocenters. The van der Waals surface area contributed by atoms with Gasteiger partial charge in [0, 0.05) is 17.8 Å². The highest BCUT2D eigenvalue weighted by molar-refractivity contribution is 5.70. The zero-order valence-corrected chi connectivity index (χ0v) is 11.8. The number of rotatable bonds is 3. The van der Waals surface area contributed by atoms with Crippen LogP contribution in [0.3, 0.4) is 0 Å². The molecule has 0 aliphatic carbocycles. The molecule has 2 aromatic rings. The van der Waals surface area contributed by atoms with Crippen LogP contribution in [-0.2, 0) is 0 Å². The summed E-state index contributed by atoms with van der Waals surface area (Å²) < 4.78 is 6.73. The van der Waals surface area contributed by atoms with Gasteiger partial charge in [-0.15, -0.1) is 0 Å². The van der Waals surface area contributed by atoms with Gasteiger partial charge in [0.05, 0.1) is 7.11 Å². The minimum Gasteiger partial charge on any atom is -0.497 e. The van der Waals surface area contributed by atoms with Crippen molar-refractivity contribution in [1.82, 2.24) is 4.57 Å². The first-order chi connectivity index (χ1) is 9.58. The summed E-state index contributed by atoms with van der Waals surface area (Å²) in [7, 11) is 1.58. The molecule has 0 bridgehead atoms. The molecular weight excluding hydrogens is 252 g/mol. The molecule has 0 radical (unpaired) electrons. The van der Waals surface area contributed by atoms with E-state index in [2.05, 4.69) is 0 Å². The molecule has 4 heteroatoms. The predicted molar refractivity (Wildman–Crippen MR) is 77.8 cm³/mol. The van der Waals surface area contributed by atoms with Gasteiger partial charge < -0.3 is 9.30 Å². The molecule has 0 fully saturated rings. The molecule has 2 rings (SSSR count). The van der Waals surface area contributed by atoms with E-state index in [1.165, 1.54) is 0 Å². The number of aromatic nitrogens is 1. The molecule has 1 aromatic carbocycles. The third-order valence-corrected chi connectivity index (χ3v) is 3.17. The summed E-state index contributed by atoms with van der Waals surface area (Å²) in [6.07, 6.45) is 1.72. The van der Waals surface area contributed by atoms with Gasteiger partial charge in [-0.2, -0.15) is 5.26 Å². The van der Waals surface area contributed by atoms with E-state index in [4.69, 9.17) is 4.74 Å². The maximum Gasteiger partial charge on any atom is 0.269 e. The van der Waals surface area contributed by atoms with Crippen molar-refractivity contribution < 1.29 is 4.74 Å². The van der Waals surface area contributed by atoms with Crippen molar-refractivity contribution >= 4 is 0 Å². The van der Waals surface area contributed by atoms with Crippen molar-refractivity contribution in [2.24, 2.45) is 0 Å². The molecule has 0 aliphatic heterocycles. The fourth-order valence-electron chi connectivity index (χ4n) is 2.10. The van der Waals surface area contributed by atoms with Gasteiger partial charge in [-0.1, -0.05) is 12.1 Å². The van der Waals surface area contributed by atoms with E-state index in [0.717, 1.165) is 5.56 Å². The number of nitriles is 1. The van der Waals surface area contributed by atoms with Crippen LogP contribution in [0.25, 0.3) is 11.1 Å². The van der Waals surface area contributed by atoms with E-state index in [0.29, 0.717) is 11.3 Å². The van der Waals surface area contributed by atoms with Crippen LogP contribution >= 0.6 is 0 Å². The number of ether oxygens (including phenoxy) is 1. The Bertz CT molecular complexity index is 724. The van der Waals surface area contributed by atoms with Crippen LogP contribution in [-0.4, -0.2) is 11.7 Å². The van der Waals surface area contributed by atoms with Crippen LogP contribution in [0.15, 0.2) is 41.3 Å². The quantitative estimate of drug-likeness (QED) is 0.860. The zero-order valence-electron chi connectivity index (χ0n) is 11.8. The van der Waals surface area contributed by atoms with E-state index in [-0.39, 0.29) is 17.2 Å². The fraction of sp³-hybridized carbons (Fsp3) is 0.250. The summed E-state index contributed by atoms with van der Waals surface area (Å²) in [5.41, 5.74) is 1.33. The third kappa shape index (κ3) is 2.43. The van der Waals surface area contributed by atoms with Gasteiger partial charge in [0.1, 0.15) is 17.4 Å². The van der Waals surface area contributed by atoms with Crippen molar-refractivity contribution in [1.29, 1.82) is 5.26 Å². The van der Waals surface area contributed by atoms with Gasteiger partial charge in [-0.3, -0.25) is 4.79 Å². The van der Waals surface area contributed by atoms with E-state index in [9.17, 15) is 10.1 Å². The minimum absolute atomic E-state index is 0.0222. The molecule has 4 nitrogen and oxygen atoms in total. The zero-order chi connectivity index (χ0) is 14.7. The highest BCUT2D eigenvalue weighted by atomic mass is 16.5. The van der Waals surface area contributed by atoms with Crippen LogP contribution in [0, 0.1) is 11.3 Å². The van der Waals surface area contributed by atoms with E-state index < -0.39 is 0 Å². The molecule has 0 atom stereocenters. The first kappa shape index (κ1) is 13.9. The topological polar surface area (TPSA) is 55.0 Å². The van der Waals surface area contributed by atoms with Gasteiger partial charge in [0.2, 0.25) is 0 Å². The van der Waals surface area contributed by atoms with E-state index in [1.54, 1.807) is 23.9 Å². The van der Waals surface area contributed by atoms with E-state index in [1.807, 2.05) is 44.2 Å². The standard InChI is InChI=1S/C16H16N2O2/c1-11(2)18-8-7-14(15(10-17)16(18)19)12-5-4-6-13(9-12)20-3/h4-9,11H,1-3H3. The molecule has 0 amide bonds. The normalized spacial score (nSPS) is 10.3. The highest BCUT2D eigenvalue weighted by Crippen LogP contribution is 2.25. The molecule has 20 heavy (non-hydrogen) atoms. The summed E-state index contributed by atoms with van der Waals surface area (Å²) in [6, 6.07) is 11.2. The lowest BCUT2D eigenvalue weighted by Gasteiger charge is -2.12. The molecule has 1 aromatic heterocycles. The number of benzene rings is 1. The second kappa shape index (κ2) is 5.62. The minimum atomic E-state index is -0.261. The van der Waals surface area contributed by atoms with Crippen molar-refractivity contribution in [3.63, 3.8) is 0 Å². The Morgan fingerprint density at radius 2 is 2.05 bits per heavy atom. The van der Waals surface area contributed by atoms with Gasteiger partial charge >= 0.3 is 0 Å². The van der Waals surface area contributed by atoms with Crippen LogP contribution in [0.2, 0.25) is 0 Å². The lowest BCUT2D eigenvalue weighted by atomic mass is 10.0. The molecule has 0 saturated heterocycles. The van der Waals surface area contributed by atoms with Gasteiger partial charge in [0.25, 0.3) is 5.56 Å². The van der Waals surface area contributed by atoms with Gasteiger partial charge in [0.15, 0.2) is 0 Å². The number of methoxy groups -OCH3 is 1. The Hall–Kier alpha value is -2.54. The van der Waals surface area contributed by atoms with Crippen molar-refractivity contribution in [2.75, 3.05) is 7.11 Å². The third-order valence-electron chi connectivity index (χ3n) is 3.17. The molecule has 0 N–H and O–H groups in total. The summed E-state index contributed by atoms with van der Waals surface area (Å²) >= 11 is 0. The lowest BCUT2D eigenvalue weighted by Crippen LogP contribution is -2.24. The molecular formula is C16H16N2O2. The Morgan fingerprint density at radius 1 is 1.30 bits per heavy atom. The van der Waals surface area contributed by atoms with Crippen molar-refractivity contribution in [3.05, 3.63) is 52.4 Å². The second-order valence-electron chi connectivity index (χ2n) is 4.75. The van der Waals surface area contributed by atoms with Crippen LogP contribution in [0.4, 0.5) is 0 Å². The first-order valence-electron chi connectivity index (χ1n) is 6.38. The summed E-state index contributed by atoms with van der Waals surface area (Å²) in [5, 5.41) is 9.30. The fourth-order valence-corrected chi connectivity index (χ4v) is 2.10. The molecule has 1 heterocycles. The summed E-state index contributed by atoms with van der Waals surface area (Å²) in [5.74, 6) is 0.694. The second-order valence-corrected chi connectivity index (χ2v) is 4.75. The molecule has 0 spiro atoms. The van der Waals surface area contributed by atoms with Crippen LogP contribution in [0.5, 0.6) is 5.75 Å². The maximum absolute atomic E-state index is 12.3. The SMILES string of the molecule is COc1cccc(-c2ccn(C(C)C)c(=O)c2C#N)c1. The van der Waals surface area contributed by atoms with Crippen molar-refractivity contribution in [3.8, 4) is 22.9 Å². The maximum atomic E-state index is 12.3. The van der Waals surface area contributed by atoms with Gasteiger partial charge in [-0.25, -0.2) is 0 Å². The number of hydrogen-bond acceptors (Lipinski definition) is 3. The summed E-state index contributed by atoms with van der Waals surface area (Å²) in [6.45, 7) is 3.82. The van der Waals surface area contributed by atoms with Gasteiger partial charge in [-0.05, 0) is 37.6 Å². The molecule has 0 saturated carbocycles. The number of hydrogen-bond donors (Lipinski definition) is 0. The number of pyridine rings is 1. The Balaban J connectivity index is 2.66. The Kier molecular flexibility index (Phi) is 3.90. The highest BCUT2D eigenvalue weighted by Gasteiger charge is 2.13. The Labute approximate surface area is 117 Å². The average Bonchev–Trinajstić information content (AvgIpc) is 2.46. The molecule has 102 valence electrons. The molecule has 0 aliphatic rings. The van der Waals surface area contributed by atoms with Crippen LogP contribution < -0.4 is 10.3 Å². The lowest BCUT2D eigenvalue weighted by molar-refractivity contribution is 0.415. The largest absolute Gasteiger partial charge is 0.497 e. The number of nitrogens with zero attached hydrogens (tertiary/aromatic N) is 2. The predicted octanol–water partition coefficient (Wildman–Crippen LogP) is 2.98. The average molecular weight is 268 g/mol. The van der Waals surface area contributed by atoms with E-state index >= 15 is 0 Å². The smallest absolute Gasteiger partial charge is 0.269 e. The van der Waals surface area contributed by atoms with Crippen molar-refractivity contribution in [2.45, 2.75) is 19.9 Å². The monoisotopic (exact) mass is 268 g/mol. The summed E-state index contributed by atoms with van der Waals surface area (Å²) in [4.78, 5) is 12.3. The van der Waals surface area contributed by atoms with Crippen LogP contribution in [0.1, 0.15) is 25.5 Å². The first-order valence-corrected chi connectivity index (χ1v) is 6.38.